The molecule has 8 heteroatoms. The molecule has 2 rings (SSSR count). The van der Waals surface area contributed by atoms with Gasteiger partial charge in [0, 0.05) is 25.7 Å². The van der Waals surface area contributed by atoms with Crippen LogP contribution in [0.5, 0.6) is 0 Å². The van der Waals surface area contributed by atoms with E-state index in [9.17, 15) is 23.1 Å². The first-order valence-corrected chi connectivity index (χ1v) is 7.16. The third-order valence-electron chi connectivity index (χ3n) is 4.00. The van der Waals surface area contributed by atoms with E-state index in [1.807, 2.05) is 0 Å². The number of nitrogens with zero attached hydrogens (tertiary/aromatic N) is 2. The number of carboxylic acid groups (broad SMARTS) is 1. The zero-order valence-electron chi connectivity index (χ0n) is 12.6. The van der Waals surface area contributed by atoms with Gasteiger partial charge in [-0.1, -0.05) is 18.2 Å². The van der Waals surface area contributed by atoms with Gasteiger partial charge in [0.1, 0.15) is 0 Å². The third-order valence-corrected chi connectivity index (χ3v) is 4.00. The molecule has 1 aromatic carbocycles. The van der Waals surface area contributed by atoms with Crippen molar-refractivity contribution >= 4 is 5.97 Å². The number of rotatable bonds is 5. The molecule has 0 bridgehead atoms. The molecule has 0 radical (unpaired) electrons. The summed E-state index contributed by atoms with van der Waals surface area (Å²) in [7, 11) is 1.58. The number of aliphatic hydroxyl groups excluding tert-OH is 1. The van der Waals surface area contributed by atoms with E-state index in [1.54, 1.807) is 18.0 Å². The predicted octanol–water partition coefficient (Wildman–Crippen LogP) is 1.27. The first-order chi connectivity index (χ1) is 10.7. The van der Waals surface area contributed by atoms with Crippen LogP contribution in [0.4, 0.5) is 13.2 Å². The molecule has 1 aliphatic heterocycles. The topological polar surface area (TPSA) is 64.0 Å². The number of aliphatic hydroxyl groups is 1. The molecule has 1 aromatic rings. The van der Waals surface area contributed by atoms with Gasteiger partial charge in [0.2, 0.25) is 0 Å². The Hall–Kier alpha value is -1.64. The normalized spacial score (nSPS) is 22.7. The Morgan fingerprint density at radius 2 is 2.00 bits per heavy atom. The Bertz CT molecular complexity index is 565. The SMILES string of the molecule is CN(CC(=O)O)[C@@H]1CN(Cc2ccccc2C(F)(F)F)C[C@H]1O. The number of hydrogen-bond acceptors (Lipinski definition) is 4. The molecule has 1 fully saturated rings. The van der Waals surface area contributed by atoms with E-state index < -0.39 is 29.9 Å². The van der Waals surface area contributed by atoms with Gasteiger partial charge >= 0.3 is 12.1 Å². The second-order valence-corrected chi connectivity index (χ2v) is 5.79. The average Bonchev–Trinajstić information content (AvgIpc) is 2.78. The van der Waals surface area contributed by atoms with Gasteiger partial charge in [-0.2, -0.15) is 13.2 Å². The van der Waals surface area contributed by atoms with Crippen molar-refractivity contribution in [2.24, 2.45) is 0 Å². The highest BCUT2D eigenvalue weighted by Gasteiger charge is 2.37. The van der Waals surface area contributed by atoms with Crippen molar-refractivity contribution in [1.29, 1.82) is 0 Å². The summed E-state index contributed by atoms with van der Waals surface area (Å²) in [5, 5.41) is 18.8. The molecule has 2 N–H and O–H groups in total. The zero-order valence-corrected chi connectivity index (χ0v) is 12.6. The summed E-state index contributed by atoms with van der Waals surface area (Å²) >= 11 is 0. The van der Waals surface area contributed by atoms with Crippen LogP contribution in [-0.2, 0) is 17.5 Å². The minimum absolute atomic E-state index is 0.0597. The third kappa shape index (κ3) is 4.43. The average molecular weight is 332 g/mol. The van der Waals surface area contributed by atoms with Gasteiger partial charge in [0.05, 0.1) is 18.2 Å². The van der Waals surface area contributed by atoms with Crippen molar-refractivity contribution in [1.82, 2.24) is 9.80 Å². The Kier molecular flexibility index (Phi) is 5.28. The maximum Gasteiger partial charge on any atom is 0.416 e. The number of carbonyl (C=O) groups is 1. The maximum absolute atomic E-state index is 13.0. The Labute approximate surface area is 131 Å². The number of halogens is 3. The lowest BCUT2D eigenvalue weighted by molar-refractivity contribution is -0.139. The van der Waals surface area contributed by atoms with Gasteiger partial charge in [-0.05, 0) is 18.7 Å². The van der Waals surface area contributed by atoms with Crippen molar-refractivity contribution in [3.63, 3.8) is 0 Å². The molecule has 0 aliphatic carbocycles. The number of carboxylic acids is 1. The number of likely N-dealkylation sites (tertiary alicyclic amines) is 1. The van der Waals surface area contributed by atoms with E-state index in [-0.39, 0.29) is 25.2 Å². The molecule has 0 aromatic heterocycles. The summed E-state index contributed by atoms with van der Waals surface area (Å²) in [6.45, 7) is 0.358. The summed E-state index contributed by atoms with van der Waals surface area (Å²) in [5.41, 5.74) is -0.537. The van der Waals surface area contributed by atoms with Crippen LogP contribution in [0, 0.1) is 0 Å². The van der Waals surface area contributed by atoms with E-state index in [0.717, 1.165) is 6.07 Å². The summed E-state index contributed by atoms with van der Waals surface area (Å²) in [6.07, 6.45) is -5.22. The van der Waals surface area contributed by atoms with Crippen LogP contribution in [0.15, 0.2) is 24.3 Å². The Morgan fingerprint density at radius 1 is 1.35 bits per heavy atom. The van der Waals surface area contributed by atoms with Crippen molar-refractivity contribution in [2.75, 3.05) is 26.7 Å². The van der Waals surface area contributed by atoms with E-state index in [0.29, 0.717) is 6.54 Å². The second-order valence-electron chi connectivity index (χ2n) is 5.79. The summed E-state index contributed by atoms with van der Waals surface area (Å²) in [4.78, 5) is 13.9. The molecule has 1 aliphatic rings. The smallest absolute Gasteiger partial charge is 0.416 e. The molecule has 1 heterocycles. The van der Waals surface area contributed by atoms with Crippen molar-refractivity contribution in [3.05, 3.63) is 35.4 Å². The number of aliphatic carboxylic acids is 1. The molecule has 0 spiro atoms. The van der Waals surface area contributed by atoms with Crippen LogP contribution in [0.1, 0.15) is 11.1 Å². The lowest BCUT2D eigenvalue weighted by atomic mass is 10.1. The van der Waals surface area contributed by atoms with Gasteiger partial charge in [-0.15, -0.1) is 0 Å². The number of likely N-dealkylation sites (N-methyl/N-ethyl adjacent to an activating group) is 1. The summed E-state index contributed by atoms with van der Waals surface area (Å²) in [6, 6.07) is 4.93. The molecular weight excluding hydrogens is 313 g/mol. The first-order valence-electron chi connectivity index (χ1n) is 7.16. The van der Waals surface area contributed by atoms with E-state index in [2.05, 4.69) is 0 Å². The number of β-amino-alcohol motifs (C(OH)–C–C–N with tert-alkyl or cyclic N) is 1. The van der Waals surface area contributed by atoms with Crippen LogP contribution in [-0.4, -0.2) is 64.8 Å². The largest absolute Gasteiger partial charge is 0.480 e. The quantitative estimate of drug-likeness (QED) is 0.850. The molecule has 0 unspecified atom stereocenters. The summed E-state index contributed by atoms with van der Waals surface area (Å²) in [5.74, 6) is -1.01. The lowest BCUT2D eigenvalue weighted by Gasteiger charge is -2.25. The minimum Gasteiger partial charge on any atom is -0.480 e. The number of alkyl halides is 3. The highest BCUT2D eigenvalue weighted by molar-refractivity contribution is 5.69. The monoisotopic (exact) mass is 332 g/mol. The standard InChI is InChI=1S/C15H19F3N2O3/c1-19(9-14(22)23)12-7-20(8-13(12)21)6-10-4-2-3-5-11(10)15(16,17)18/h2-5,12-13,21H,6-9H2,1H3,(H,22,23)/t12-,13-/m1/s1. The second kappa shape index (κ2) is 6.86. The van der Waals surface area contributed by atoms with Crippen molar-refractivity contribution < 1.29 is 28.2 Å². The minimum atomic E-state index is -4.42. The van der Waals surface area contributed by atoms with E-state index in [4.69, 9.17) is 5.11 Å². The molecule has 23 heavy (non-hydrogen) atoms. The number of benzene rings is 1. The molecular formula is C15H19F3N2O3. The Morgan fingerprint density at radius 3 is 2.61 bits per heavy atom. The molecule has 0 amide bonds. The Balaban J connectivity index is 2.07. The number of hydrogen-bond donors (Lipinski definition) is 2. The fourth-order valence-electron chi connectivity index (χ4n) is 2.92. The van der Waals surface area contributed by atoms with Crippen LogP contribution in [0.3, 0.4) is 0 Å². The van der Waals surface area contributed by atoms with Crippen molar-refractivity contribution in [3.8, 4) is 0 Å². The predicted molar refractivity (Wildman–Crippen MR) is 76.8 cm³/mol. The fourth-order valence-corrected chi connectivity index (χ4v) is 2.92. The summed E-state index contributed by atoms with van der Waals surface area (Å²) < 4.78 is 39.0. The molecule has 0 saturated carbocycles. The van der Waals surface area contributed by atoms with Gasteiger partial charge in [0.25, 0.3) is 0 Å². The lowest BCUT2D eigenvalue weighted by Crippen LogP contribution is -2.43. The highest BCUT2D eigenvalue weighted by Crippen LogP contribution is 2.33. The zero-order chi connectivity index (χ0) is 17.2. The van der Waals surface area contributed by atoms with E-state index >= 15 is 0 Å². The van der Waals surface area contributed by atoms with Crippen LogP contribution in [0.2, 0.25) is 0 Å². The molecule has 128 valence electrons. The first kappa shape index (κ1) is 17.7. The molecule has 1 saturated heterocycles. The van der Waals surface area contributed by atoms with Crippen molar-refractivity contribution in [2.45, 2.75) is 24.9 Å². The van der Waals surface area contributed by atoms with Crippen LogP contribution in [0.25, 0.3) is 0 Å². The van der Waals surface area contributed by atoms with Crippen LogP contribution < -0.4 is 0 Å². The van der Waals surface area contributed by atoms with Gasteiger partial charge in [0.15, 0.2) is 0 Å². The van der Waals surface area contributed by atoms with Gasteiger partial charge in [-0.3, -0.25) is 14.6 Å². The van der Waals surface area contributed by atoms with Gasteiger partial charge in [-0.25, -0.2) is 0 Å². The van der Waals surface area contributed by atoms with Crippen LogP contribution >= 0.6 is 0 Å². The molecule has 2 atom stereocenters. The van der Waals surface area contributed by atoms with Gasteiger partial charge < -0.3 is 10.2 Å². The molecule has 5 nitrogen and oxygen atoms in total. The highest BCUT2D eigenvalue weighted by atomic mass is 19.4. The van der Waals surface area contributed by atoms with E-state index in [1.165, 1.54) is 17.0 Å². The maximum atomic E-state index is 13.0. The fraction of sp³-hybridized carbons (Fsp3) is 0.533.